The molecular formula is C31H54O4. The van der Waals surface area contributed by atoms with E-state index in [2.05, 4.69) is 41.5 Å². The van der Waals surface area contributed by atoms with E-state index < -0.39 is 5.60 Å². The molecule has 1 heterocycles. The van der Waals surface area contributed by atoms with Gasteiger partial charge in [-0.3, -0.25) is 0 Å². The minimum Gasteiger partial charge on any atom is -0.393 e. The zero-order valence-corrected chi connectivity index (χ0v) is 24.1. The first-order valence-corrected chi connectivity index (χ1v) is 14.7. The molecule has 2 N–H and O–H groups in total. The number of aliphatic hydroxyl groups is 2. The van der Waals surface area contributed by atoms with Crippen LogP contribution >= 0.6 is 0 Å². The summed E-state index contributed by atoms with van der Waals surface area (Å²) in [4.78, 5) is 0. The number of rotatable bonds is 3. The Morgan fingerprint density at radius 2 is 1.49 bits per heavy atom. The van der Waals surface area contributed by atoms with Gasteiger partial charge in [-0.25, -0.2) is 0 Å². The Kier molecular flexibility index (Phi) is 5.99. The number of methoxy groups -OCH3 is 1. The van der Waals surface area contributed by atoms with Crippen molar-refractivity contribution in [1.29, 1.82) is 0 Å². The number of hydrogen-bond donors (Lipinski definition) is 2. The summed E-state index contributed by atoms with van der Waals surface area (Å²) in [5.74, 6) is 1.86. The number of aliphatic hydroxyl groups excluding tert-OH is 1. The van der Waals surface area contributed by atoms with Crippen LogP contribution < -0.4 is 0 Å². The molecule has 5 rings (SSSR count). The molecule has 1 aliphatic heterocycles. The van der Waals surface area contributed by atoms with Crippen LogP contribution in [-0.4, -0.2) is 46.8 Å². The number of ether oxygens (including phenoxy) is 2. The second-order valence-electron chi connectivity index (χ2n) is 15.7. The van der Waals surface area contributed by atoms with Crippen LogP contribution in [0.3, 0.4) is 0 Å². The molecule has 0 aromatic heterocycles. The zero-order valence-electron chi connectivity index (χ0n) is 24.1. The molecule has 0 aromatic carbocycles. The van der Waals surface area contributed by atoms with Gasteiger partial charge in [0, 0.05) is 7.11 Å². The topological polar surface area (TPSA) is 58.9 Å². The molecule has 4 heteroatoms. The molecule has 4 nitrogen and oxygen atoms in total. The Labute approximate surface area is 214 Å². The number of hydrogen-bond acceptors (Lipinski definition) is 4. The highest BCUT2D eigenvalue weighted by Gasteiger charge is 2.72. The predicted octanol–water partition coefficient (Wildman–Crippen LogP) is 6.37. The Balaban J connectivity index is 1.47. The molecule has 0 bridgehead atoms. The van der Waals surface area contributed by atoms with Gasteiger partial charge in [0.25, 0.3) is 0 Å². The van der Waals surface area contributed by atoms with Crippen molar-refractivity contribution in [2.24, 2.45) is 45.3 Å². The highest BCUT2D eigenvalue weighted by atomic mass is 16.5. The molecule has 5 fully saturated rings. The van der Waals surface area contributed by atoms with Crippen molar-refractivity contribution < 1.29 is 19.7 Å². The fourth-order valence-corrected chi connectivity index (χ4v) is 11.6. The molecular weight excluding hydrogens is 436 g/mol. The second-order valence-corrected chi connectivity index (χ2v) is 15.7. The average Bonchev–Trinajstić information content (AvgIpc) is 3.30. The molecule has 0 amide bonds. The highest BCUT2D eigenvalue weighted by Crippen LogP contribution is 2.76. The Bertz CT molecular complexity index is 832. The summed E-state index contributed by atoms with van der Waals surface area (Å²) in [6.45, 7) is 18.6. The van der Waals surface area contributed by atoms with Gasteiger partial charge >= 0.3 is 0 Å². The van der Waals surface area contributed by atoms with Crippen LogP contribution in [0.2, 0.25) is 0 Å². The maximum Gasteiger partial charge on any atom is 0.0865 e. The molecule has 5 aliphatic rings. The predicted molar refractivity (Wildman–Crippen MR) is 140 cm³/mol. The van der Waals surface area contributed by atoms with Crippen LogP contribution in [0.5, 0.6) is 0 Å². The van der Waals surface area contributed by atoms with Crippen LogP contribution in [0.1, 0.15) is 113 Å². The van der Waals surface area contributed by atoms with Gasteiger partial charge in [-0.15, -0.1) is 0 Å². The first-order chi connectivity index (χ1) is 16.0. The third-order valence-electron chi connectivity index (χ3n) is 13.5. The van der Waals surface area contributed by atoms with Gasteiger partial charge in [0.05, 0.1) is 29.5 Å². The third-order valence-corrected chi connectivity index (χ3v) is 13.5. The molecule has 4 saturated carbocycles. The fraction of sp³-hybridized carbons (Fsp3) is 1.00. The lowest BCUT2D eigenvalue weighted by molar-refractivity contribution is -0.259. The largest absolute Gasteiger partial charge is 0.393 e. The van der Waals surface area contributed by atoms with Gasteiger partial charge in [0.2, 0.25) is 0 Å². The molecule has 4 unspecified atom stereocenters. The van der Waals surface area contributed by atoms with Crippen LogP contribution in [0.25, 0.3) is 0 Å². The van der Waals surface area contributed by atoms with E-state index in [1.807, 2.05) is 21.0 Å². The van der Waals surface area contributed by atoms with Crippen LogP contribution in [0.15, 0.2) is 0 Å². The Hall–Kier alpha value is -0.160. The Morgan fingerprint density at radius 3 is 2.09 bits per heavy atom. The summed E-state index contributed by atoms with van der Waals surface area (Å²) in [5.41, 5.74) is -0.362. The summed E-state index contributed by atoms with van der Waals surface area (Å²) in [6.07, 6.45) is 9.94. The summed E-state index contributed by atoms with van der Waals surface area (Å²) in [7, 11) is 1.88. The van der Waals surface area contributed by atoms with Gasteiger partial charge in [-0.1, -0.05) is 34.6 Å². The lowest BCUT2D eigenvalue weighted by atomic mass is 9.35. The van der Waals surface area contributed by atoms with E-state index in [0.29, 0.717) is 29.8 Å². The van der Waals surface area contributed by atoms with E-state index in [-0.39, 0.29) is 39.5 Å². The summed E-state index contributed by atoms with van der Waals surface area (Å²) in [5, 5.41) is 22.7. The molecule has 0 radical (unpaired) electrons. The molecule has 0 spiro atoms. The van der Waals surface area contributed by atoms with Gasteiger partial charge in [0.1, 0.15) is 0 Å². The van der Waals surface area contributed by atoms with Gasteiger partial charge in [0.15, 0.2) is 0 Å². The molecule has 4 aliphatic carbocycles. The van der Waals surface area contributed by atoms with Crippen LogP contribution in [0.4, 0.5) is 0 Å². The lowest BCUT2D eigenvalue weighted by Gasteiger charge is -2.71. The maximum absolute atomic E-state index is 12.0. The van der Waals surface area contributed by atoms with Crippen molar-refractivity contribution in [3.8, 4) is 0 Å². The van der Waals surface area contributed by atoms with Crippen molar-refractivity contribution >= 4 is 0 Å². The minimum atomic E-state index is -0.802. The quantitative estimate of drug-likeness (QED) is 0.483. The molecule has 1 saturated heterocycles. The van der Waals surface area contributed by atoms with Crippen molar-refractivity contribution in [2.45, 2.75) is 143 Å². The van der Waals surface area contributed by atoms with Crippen molar-refractivity contribution in [3.63, 3.8) is 0 Å². The maximum atomic E-state index is 12.0. The van der Waals surface area contributed by atoms with E-state index in [0.717, 1.165) is 32.1 Å². The first-order valence-electron chi connectivity index (χ1n) is 14.7. The Morgan fingerprint density at radius 1 is 0.829 bits per heavy atom. The SMILES string of the molecule is CO[C@H]1CC[C@@]2(C)C(CC[C@]3(C)C2C(O)CC2[C@@H]([C@@]4(C)CC[C@@H](C(C)(C)O)O4)CC[C@]23C)C1(C)C. The van der Waals surface area contributed by atoms with Crippen molar-refractivity contribution in [1.82, 2.24) is 0 Å². The molecule has 202 valence electrons. The van der Waals surface area contributed by atoms with E-state index >= 15 is 0 Å². The summed E-state index contributed by atoms with van der Waals surface area (Å²) in [6, 6.07) is 0. The average molecular weight is 491 g/mol. The normalized spacial score (nSPS) is 55.8. The first kappa shape index (κ1) is 26.4. The lowest BCUT2D eigenvalue weighted by Crippen LogP contribution is -2.67. The zero-order chi connectivity index (χ0) is 25.8. The highest BCUT2D eigenvalue weighted by molar-refractivity contribution is 5.20. The fourth-order valence-electron chi connectivity index (χ4n) is 11.6. The second kappa shape index (κ2) is 7.93. The minimum absolute atomic E-state index is 0.0937. The molecule has 0 aromatic rings. The smallest absolute Gasteiger partial charge is 0.0865 e. The third kappa shape index (κ3) is 3.44. The van der Waals surface area contributed by atoms with Gasteiger partial charge < -0.3 is 19.7 Å². The summed E-state index contributed by atoms with van der Waals surface area (Å²) < 4.78 is 12.7. The van der Waals surface area contributed by atoms with E-state index in [1.165, 1.54) is 25.7 Å². The standard InChI is InChI=1S/C31H54O4/c1-26(2)22-11-16-30(7)25(28(22,5)14-12-23(26)34-9)21(32)18-20-19(10-15-29(20,30)6)31(8)17-13-24(35-31)27(3,4)33/h19-25,32-33H,10-18H2,1-9H3/t19-,20?,21?,22?,23-,24-,25?,28-,29+,30+,31+/m0/s1. The van der Waals surface area contributed by atoms with Crippen LogP contribution in [0, 0.1) is 45.3 Å². The number of fused-ring (bicyclic) bond motifs is 5. The van der Waals surface area contributed by atoms with Crippen molar-refractivity contribution in [3.05, 3.63) is 0 Å². The van der Waals surface area contributed by atoms with Crippen molar-refractivity contribution in [2.75, 3.05) is 7.11 Å². The van der Waals surface area contributed by atoms with E-state index in [1.54, 1.807) is 0 Å². The van der Waals surface area contributed by atoms with E-state index in [4.69, 9.17) is 9.47 Å². The van der Waals surface area contributed by atoms with Crippen LogP contribution in [-0.2, 0) is 9.47 Å². The van der Waals surface area contributed by atoms with Gasteiger partial charge in [-0.05, 0) is 124 Å². The molecule has 35 heavy (non-hydrogen) atoms. The molecule has 11 atom stereocenters. The van der Waals surface area contributed by atoms with Gasteiger partial charge in [-0.2, -0.15) is 0 Å². The summed E-state index contributed by atoms with van der Waals surface area (Å²) >= 11 is 0. The monoisotopic (exact) mass is 490 g/mol. The van der Waals surface area contributed by atoms with E-state index in [9.17, 15) is 10.2 Å².